The Labute approximate surface area is 219 Å². The van der Waals surface area contributed by atoms with Gasteiger partial charge in [-0.05, 0) is 48.9 Å². The van der Waals surface area contributed by atoms with Crippen molar-refractivity contribution in [3.05, 3.63) is 106 Å². The van der Waals surface area contributed by atoms with Gasteiger partial charge in [-0.15, -0.1) is 0 Å². The largest absolute Gasteiger partial charge is 0.397 e. The van der Waals surface area contributed by atoms with E-state index in [9.17, 15) is 23.3 Å². The van der Waals surface area contributed by atoms with Crippen molar-refractivity contribution >= 4 is 39.1 Å². The van der Waals surface area contributed by atoms with Gasteiger partial charge in [-0.3, -0.25) is 19.0 Å². The second-order valence-electron chi connectivity index (χ2n) is 8.33. The summed E-state index contributed by atoms with van der Waals surface area (Å²) in [5.41, 5.74) is 6.83. The Morgan fingerprint density at radius 2 is 1.66 bits per heavy atom. The lowest BCUT2D eigenvalue weighted by atomic mass is 10.1. The Balaban J connectivity index is 1.64. The van der Waals surface area contributed by atoms with Crippen molar-refractivity contribution in [2.75, 3.05) is 15.8 Å². The molecular weight excluding hydrogens is 504 g/mol. The molecule has 10 nitrogen and oxygen atoms in total. The fourth-order valence-electron chi connectivity index (χ4n) is 3.74. The van der Waals surface area contributed by atoms with Crippen molar-refractivity contribution in [3.8, 4) is 11.8 Å². The monoisotopic (exact) mass is 528 g/mol. The lowest BCUT2D eigenvalue weighted by Crippen LogP contribution is -2.23. The highest BCUT2D eigenvalue weighted by Crippen LogP contribution is 2.26. The normalized spacial score (nSPS) is 11.6. The first-order valence-electron chi connectivity index (χ1n) is 11.4. The maximum Gasteiger partial charge on any atom is 0.296 e. The summed E-state index contributed by atoms with van der Waals surface area (Å²) in [4.78, 5) is 25.7. The molecule has 0 aliphatic rings. The molecule has 0 atom stereocenters. The number of nitrogens with zero attached hydrogens (tertiary/aromatic N) is 3. The average Bonchev–Trinajstić information content (AvgIpc) is 3.12. The van der Waals surface area contributed by atoms with E-state index in [1.54, 1.807) is 73.3 Å². The highest BCUT2D eigenvalue weighted by Gasteiger charge is 2.23. The molecule has 1 amide bonds. The summed E-state index contributed by atoms with van der Waals surface area (Å²) in [6.45, 7) is 1.62. The van der Waals surface area contributed by atoms with E-state index in [4.69, 9.17) is 5.73 Å². The average molecular weight is 529 g/mol. The van der Waals surface area contributed by atoms with Gasteiger partial charge in [-0.2, -0.15) is 5.26 Å². The minimum atomic E-state index is -4.26. The summed E-state index contributed by atoms with van der Waals surface area (Å²) in [5.74, 6) is -0.754. The Bertz CT molecular complexity index is 1750. The van der Waals surface area contributed by atoms with Crippen LogP contribution in [0.25, 0.3) is 11.8 Å². The Hall–Kier alpha value is -5.08. The molecule has 0 saturated carbocycles. The zero-order chi connectivity index (χ0) is 27.4. The minimum absolute atomic E-state index is 0.00133. The van der Waals surface area contributed by atoms with Gasteiger partial charge in [0, 0.05) is 7.05 Å². The summed E-state index contributed by atoms with van der Waals surface area (Å²) in [5, 5.41) is 12.0. The summed E-state index contributed by atoms with van der Waals surface area (Å²) in [6, 6.07) is 23.2. The zero-order valence-corrected chi connectivity index (χ0v) is 21.4. The molecule has 0 bridgehead atoms. The van der Waals surface area contributed by atoms with Crippen molar-refractivity contribution in [3.63, 3.8) is 0 Å². The maximum atomic E-state index is 13.3. The number of anilines is 3. The molecule has 1 heterocycles. The number of carbonyl (C=O) groups is 1. The fraction of sp³-hybridized carbons (Fsp3) is 0.0741. The van der Waals surface area contributed by atoms with Gasteiger partial charge in [0.05, 0.1) is 27.7 Å². The third-order valence-corrected chi connectivity index (χ3v) is 7.20. The molecule has 0 unspecified atom stereocenters. The molecule has 4 aromatic rings. The van der Waals surface area contributed by atoms with Gasteiger partial charge in [0.2, 0.25) is 0 Å². The number of nitrogen functional groups attached to an aromatic ring is 1. The van der Waals surface area contributed by atoms with E-state index in [0.717, 1.165) is 0 Å². The predicted octanol–water partition coefficient (Wildman–Crippen LogP) is 3.41. The summed E-state index contributed by atoms with van der Waals surface area (Å²) >= 11 is 0. The van der Waals surface area contributed by atoms with Gasteiger partial charge in [0.1, 0.15) is 17.3 Å². The Morgan fingerprint density at radius 1 is 1.03 bits per heavy atom. The van der Waals surface area contributed by atoms with Crippen LogP contribution in [0.4, 0.5) is 17.1 Å². The smallest absolute Gasteiger partial charge is 0.296 e. The molecule has 4 rings (SSSR count). The number of sulfonamides is 1. The van der Waals surface area contributed by atoms with Crippen LogP contribution in [-0.2, 0) is 21.9 Å². The van der Waals surface area contributed by atoms with Gasteiger partial charge < -0.3 is 11.1 Å². The molecule has 1 aromatic heterocycles. The first-order chi connectivity index (χ1) is 18.1. The minimum Gasteiger partial charge on any atom is -0.397 e. The van der Waals surface area contributed by atoms with E-state index in [0.29, 0.717) is 16.9 Å². The number of nitrogens with one attached hydrogen (secondary N) is 2. The van der Waals surface area contributed by atoms with Gasteiger partial charge >= 0.3 is 0 Å². The van der Waals surface area contributed by atoms with Crippen LogP contribution >= 0.6 is 0 Å². The lowest BCUT2D eigenvalue weighted by molar-refractivity contribution is -0.112. The molecule has 0 saturated heterocycles. The van der Waals surface area contributed by atoms with Crippen LogP contribution in [0.3, 0.4) is 0 Å². The molecular formula is C27H24N6O4S. The van der Waals surface area contributed by atoms with Crippen LogP contribution in [-0.4, -0.2) is 23.7 Å². The van der Waals surface area contributed by atoms with E-state index in [2.05, 4.69) is 10.0 Å². The number of aromatic nitrogens is 2. The van der Waals surface area contributed by atoms with Gasteiger partial charge in [-0.1, -0.05) is 48.5 Å². The lowest BCUT2D eigenvalue weighted by Gasteiger charge is -2.12. The Morgan fingerprint density at radius 3 is 2.29 bits per heavy atom. The number of nitriles is 1. The highest BCUT2D eigenvalue weighted by molar-refractivity contribution is 7.92. The molecule has 4 N–H and O–H groups in total. The number of hydrogen-bond acceptors (Lipinski definition) is 6. The van der Waals surface area contributed by atoms with Crippen LogP contribution in [0.2, 0.25) is 0 Å². The summed E-state index contributed by atoms with van der Waals surface area (Å²) in [6.07, 6.45) is 1.41. The molecule has 0 radical (unpaired) electrons. The molecule has 38 heavy (non-hydrogen) atoms. The fourth-order valence-corrected chi connectivity index (χ4v) is 4.89. The molecule has 192 valence electrons. The zero-order valence-electron chi connectivity index (χ0n) is 20.5. The van der Waals surface area contributed by atoms with Crippen LogP contribution in [0.1, 0.15) is 11.3 Å². The molecule has 3 aromatic carbocycles. The van der Waals surface area contributed by atoms with Gasteiger partial charge in [-0.25, -0.2) is 13.1 Å². The van der Waals surface area contributed by atoms with Crippen molar-refractivity contribution < 1.29 is 13.2 Å². The van der Waals surface area contributed by atoms with Crippen LogP contribution in [0, 0.1) is 18.3 Å². The molecule has 0 fully saturated rings. The number of nitrogens with two attached hydrogens (primary N) is 1. The topological polar surface area (TPSA) is 152 Å². The number of carbonyl (C=O) groups excluding carboxylic acids is 1. The van der Waals surface area contributed by atoms with E-state index >= 15 is 0 Å². The number of hydrogen-bond donors (Lipinski definition) is 3. The van der Waals surface area contributed by atoms with Crippen molar-refractivity contribution in [2.45, 2.75) is 11.8 Å². The predicted molar refractivity (Wildman–Crippen MR) is 146 cm³/mol. The second kappa shape index (κ2) is 10.5. The van der Waals surface area contributed by atoms with Crippen LogP contribution in [0.5, 0.6) is 0 Å². The first kappa shape index (κ1) is 26.0. The number of benzene rings is 3. The van der Waals surface area contributed by atoms with Gasteiger partial charge in [0.25, 0.3) is 21.5 Å². The quantitative estimate of drug-likeness (QED) is 0.190. The number of amides is 1. The van der Waals surface area contributed by atoms with Gasteiger partial charge in [0.15, 0.2) is 0 Å². The standard InChI is InChI=1S/C27H24N6O4S/c1-18-25(27(35)33(32(18)2)21-11-7-4-8-12-21)31-38(36,37)22-13-14-23(29)24(16-22)30-26(34)20(17-28)15-19-9-5-3-6-10-19/h3-16,31H,29H2,1-2H3,(H,30,34)/b20-15+. The maximum absolute atomic E-state index is 13.3. The molecule has 0 spiro atoms. The second-order valence-corrected chi connectivity index (χ2v) is 10.0. The van der Waals surface area contributed by atoms with Crippen molar-refractivity contribution in [1.82, 2.24) is 9.36 Å². The van der Waals surface area contributed by atoms with E-state index in [1.807, 2.05) is 12.1 Å². The van der Waals surface area contributed by atoms with E-state index < -0.39 is 21.5 Å². The molecule has 0 aliphatic carbocycles. The molecule has 0 aliphatic heterocycles. The SMILES string of the molecule is Cc1c(NS(=O)(=O)c2ccc(N)c(NC(=O)/C(C#N)=C/c3ccccc3)c2)c(=O)n(-c2ccccc2)n1C. The highest BCUT2D eigenvalue weighted by atomic mass is 32.2. The number of rotatable bonds is 7. The third kappa shape index (κ3) is 5.21. The molecule has 11 heteroatoms. The first-order valence-corrected chi connectivity index (χ1v) is 12.9. The Kier molecular flexibility index (Phi) is 7.18. The van der Waals surface area contributed by atoms with Crippen molar-refractivity contribution in [1.29, 1.82) is 5.26 Å². The number of para-hydroxylation sites is 1. The third-order valence-electron chi connectivity index (χ3n) is 5.85. The summed E-state index contributed by atoms with van der Waals surface area (Å²) in [7, 11) is -2.61. The van der Waals surface area contributed by atoms with E-state index in [1.165, 1.54) is 29.0 Å². The van der Waals surface area contributed by atoms with E-state index in [-0.39, 0.29) is 27.5 Å². The summed E-state index contributed by atoms with van der Waals surface area (Å²) < 4.78 is 31.8. The van der Waals surface area contributed by atoms with Crippen LogP contribution in [0.15, 0.2) is 94.1 Å². The van der Waals surface area contributed by atoms with Crippen LogP contribution < -0.4 is 21.3 Å². The van der Waals surface area contributed by atoms with Crippen molar-refractivity contribution in [2.24, 2.45) is 7.05 Å².